The molecule has 2 aromatic rings. The highest BCUT2D eigenvalue weighted by atomic mass is 32.1. The summed E-state index contributed by atoms with van der Waals surface area (Å²) in [5, 5.41) is 8.34. The molecule has 102 valence electrons. The van der Waals surface area contributed by atoms with Crippen LogP contribution >= 0.6 is 12.6 Å². The normalized spacial score (nSPS) is 9.79. The van der Waals surface area contributed by atoms with E-state index in [0.717, 1.165) is 4.90 Å². The van der Waals surface area contributed by atoms with Crippen LogP contribution in [0.5, 0.6) is 5.75 Å². The van der Waals surface area contributed by atoms with E-state index in [2.05, 4.69) is 12.6 Å². The van der Waals surface area contributed by atoms with Crippen LogP contribution in [0.1, 0.15) is 0 Å². The van der Waals surface area contributed by atoms with Crippen molar-refractivity contribution in [1.82, 2.24) is 0 Å². The minimum atomic E-state index is -1.79. The van der Waals surface area contributed by atoms with Crippen molar-refractivity contribution in [2.24, 2.45) is 0 Å². The van der Waals surface area contributed by atoms with Crippen LogP contribution in [0, 0.1) is 29.1 Å². The molecule has 1 nitrogen and oxygen atoms in total. The molecule has 0 aliphatic rings. The van der Waals surface area contributed by atoms with Crippen molar-refractivity contribution in [3.63, 3.8) is 0 Å². The van der Waals surface area contributed by atoms with Crippen LogP contribution < -0.4 is 0 Å². The quantitative estimate of drug-likeness (QED) is 0.426. The summed E-state index contributed by atoms with van der Waals surface area (Å²) in [5.41, 5.74) is 0. The molecule has 0 fully saturated rings. The van der Waals surface area contributed by atoms with Gasteiger partial charge in [-0.2, -0.15) is 8.78 Å². The predicted octanol–water partition coefficient (Wildman–Crippen LogP) is 4.06. The van der Waals surface area contributed by atoms with Gasteiger partial charge in [0.15, 0.2) is 17.4 Å². The van der Waals surface area contributed by atoms with Crippen LogP contribution in [0.25, 0.3) is 0 Å². The summed E-state index contributed by atoms with van der Waals surface area (Å²) in [7, 11) is 0. The summed E-state index contributed by atoms with van der Waals surface area (Å²) in [4.78, 5) is 0.784. The Morgan fingerprint density at radius 3 is 1.58 bits per heavy atom. The van der Waals surface area contributed by atoms with E-state index in [1.165, 1.54) is 12.1 Å². The monoisotopic (exact) mass is 294 g/mol. The van der Waals surface area contributed by atoms with Crippen molar-refractivity contribution in [2.45, 2.75) is 4.90 Å². The second kappa shape index (κ2) is 6.42. The van der Waals surface area contributed by atoms with Crippen LogP contribution in [0.15, 0.2) is 35.2 Å². The van der Waals surface area contributed by atoms with Crippen LogP contribution in [-0.4, -0.2) is 5.11 Å². The summed E-state index contributed by atoms with van der Waals surface area (Å²) >= 11 is 3.97. The molecule has 0 saturated heterocycles. The van der Waals surface area contributed by atoms with Gasteiger partial charge in [-0.25, -0.2) is 13.2 Å². The molecule has 7 heteroatoms. The lowest BCUT2D eigenvalue weighted by Gasteiger charge is -1.98. The standard InChI is InChI=1S/C6H2F4O.C6H5FS/c7-2-1-3(8)5(10)6(11)4(2)9;7-5-1-3-6(8)4-2-5/h1,11H;1-4,8H. The third-order valence-corrected chi connectivity index (χ3v) is 2.21. The maximum atomic E-state index is 12.1. The van der Waals surface area contributed by atoms with E-state index in [1.54, 1.807) is 12.1 Å². The fourth-order valence-corrected chi connectivity index (χ4v) is 1.15. The predicted molar refractivity (Wildman–Crippen MR) is 61.6 cm³/mol. The second-order valence-electron chi connectivity index (χ2n) is 3.29. The van der Waals surface area contributed by atoms with Gasteiger partial charge >= 0.3 is 0 Å². The number of phenolic OH excluding ortho intramolecular Hbond substituents is 1. The molecule has 0 aromatic heterocycles. The molecule has 0 spiro atoms. The minimum absolute atomic E-state index is 0.0182. The number of halogens is 5. The van der Waals surface area contributed by atoms with Crippen LogP contribution in [0.4, 0.5) is 22.0 Å². The SMILES string of the molecule is Fc1ccc(S)cc1.Oc1c(F)c(F)cc(F)c1F. The summed E-state index contributed by atoms with van der Waals surface area (Å²) in [6.07, 6.45) is 0. The summed E-state index contributed by atoms with van der Waals surface area (Å²) in [6.45, 7) is 0. The van der Waals surface area contributed by atoms with E-state index in [9.17, 15) is 22.0 Å². The molecular weight excluding hydrogens is 287 g/mol. The highest BCUT2D eigenvalue weighted by molar-refractivity contribution is 7.80. The maximum Gasteiger partial charge on any atom is 0.203 e. The molecule has 1 N–H and O–H groups in total. The van der Waals surface area contributed by atoms with Gasteiger partial charge in [-0.05, 0) is 24.3 Å². The molecule has 0 atom stereocenters. The van der Waals surface area contributed by atoms with Crippen molar-refractivity contribution in [2.75, 3.05) is 0 Å². The molecule has 0 radical (unpaired) electrons. The fourth-order valence-electron chi connectivity index (χ4n) is 1.00. The summed E-state index contributed by atoms with van der Waals surface area (Å²) in [5.74, 6) is -8.68. The third-order valence-electron chi connectivity index (χ3n) is 1.92. The zero-order valence-corrected chi connectivity index (χ0v) is 10.1. The first-order chi connectivity index (χ1) is 8.82. The van der Waals surface area contributed by atoms with Gasteiger partial charge in [0.2, 0.25) is 11.6 Å². The molecule has 0 aliphatic heterocycles. The van der Waals surface area contributed by atoms with Crippen molar-refractivity contribution in [3.8, 4) is 5.75 Å². The van der Waals surface area contributed by atoms with Crippen LogP contribution in [-0.2, 0) is 0 Å². The third kappa shape index (κ3) is 4.13. The zero-order valence-electron chi connectivity index (χ0n) is 9.17. The van der Waals surface area contributed by atoms with Crippen molar-refractivity contribution >= 4 is 12.6 Å². The van der Waals surface area contributed by atoms with Gasteiger partial charge in [0.05, 0.1) is 0 Å². The van der Waals surface area contributed by atoms with Crippen molar-refractivity contribution in [3.05, 3.63) is 59.4 Å². The van der Waals surface area contributed by atoms with Gasteiger partial charge in [0.25, 0.3) is 0 Å². The molecule has 0 unspecified atom stereocenters. The molecule has 19 heavy (non-hydrogen) atoms. The zero-order chi connectivity index (χ0) is 14.6. The molecule has 2 rings (SSSR count). The lowest BCUT2D eigenvalue weighted by atomic mass is 10.3. The summed E-state index contributed by atoms with van der Waals surface area (Å²) < 4.78 is 60.5. The molecule has 0 aliphatic carbocycles. The molecule has 0 bridgehead atoms. The van der Waals surface area contributed by atoms with E-state index >= 15 is 0 Å². The number of phenols is 1. The Morgan fingerprint density at radius 2 is 1.21 bits per heavy atom. The summed E-state index contributed by atoms with van der Waals surface area (Å²) in [6, 6.07) is 5.99. The van der Waals surface area contributed by atoms with Gasteiger partial charge in [0, 0.05) is 11.0 Å². The number of hydrogen-bond acceptors (Lipinski definition) is 2. The van der Waals surface area contributed by atoms with Gasteiger partial charge in [-0.1, -0.05) is 0 Å². The van der Waals surface area contributed by atoms with Crippen molar-refractivity contribution < 1.29 is 27.1 Å². The minimum Gasteiger partial charge on any atom is -0.503 e. The average molecular weight is 294 g/mol. The maximum absolute atomic E-state index is 12.1. The second-order valence-corrected chi connectivity index (χ2v) is 3.81. The topological polar surface area (TPSA) is 20.2 Å². The molecule has 2 aromatic carbocycles. The fraction of sp³-hybridized carbons (Fsp3) is 0. The Labute approximate surface area is 110 Å². The molecular formula is C12H7F5OS. The molecule has 0 amide bonds. The van der Waals surface area contributed by atoms with Gasteiger partial charge in [-0.3, -0.25) is 0 Å². The number of aromatic hydroxyl groups is 1. The van der Waals surface area contributed by atoms with E-state index in [-0.39, 0.29) is 11.9 Å². The lowest BCUT2D eigenvalue weighted by molar-refractivity contribution is 0.356. The van der Waals surface area contributed by atoms with Crippen LogP contribution in [0.2, 0.25) is 0 Å². The number of rotatable bonds is 0. The van der Waals surface area contributed by atoms with Crippen molar-refractivity contribution in [1.29, 1.82) is 0 Å². The van der Waals surface area contributed by atoms with Crippen LogP contribution in [0.3, 0.4) is 0 Å². The van der Waals surface area contributed by atoms with E-state index in [0.29, 0.717) is 0 Å². The number of benzene rings is 2. The van der Waals surface area contributed by atoms with Gasteiger partial charge in [-0.15, -0.1) is 12.6 Å². The van der Waals surface area contributed by atoms with Gasteiger partial charge < -0.3 is 5.11 Å². The lowest BCUT2D eigenvalue weighted by Crippen LogP contribution is -1.92. The smallest absolute Gasteiger partial charge is 0.203 e. The molecule has 0 heterocycles. The van der Waals surface area contributed by atoms with E-state index in [1.807, 2.05) is 0 Å². The number of hydrogen-bond donors (Lipinski definition) is 2. The Balaban J connectivity index is 0.000000200. The highest BCUT2D eigenvalue weighted by Crippen LogP contribution is 2.24. The highest BCUT2D eigenvalue weighted by Gasteiger charge is 2.17. The first-order valence-corrected chi connectivity index (χ1v) is 5.24. The first kappa shape index (κ1) is 15.3. The average Bonchev–Trinajstić information content (AvgIpc) is 2.38. The first-order valence-electron chi connectivity index (χ1n) is 4.79. The van der Waals surface area contributed by atoms with Gasteiger partial charge in [0.1, 0.15) is 5.82 Å². The Bertz CT molecular complexity index is 524. The van der Waals surface area contributed by atoms with E-state index < -0.39 is 29.0 Å². The Hall–Kier alpha value is -1.76. The van der Waals surface area contributed by atoms with E-state index in [4.69, 9.17) is 5.11 Å². The Kier molecular flexibility index (Phi) is 5.17. The largest absolute Gasteiger partial charge is 0.503 e. The molecule has 0 saturated carbocycles. The number of thiol groups is 1. The Morgan fingerprint density at radius 1 is 0.789 bits per heavy atom.